The van der Waals surface area contributed by atoms with Gasteiger partial charge in [-0.1, -0.05) is 39.3 Å². The van der Waals surface area contributed by atoms with E-state index >= 15 is 0 Å². The second-order valence-corrected chi connectivity index (χ2v) is 22.2. The molecule has 7 rings (SSSR count). The Hall–Kier alpha value is -0.980. The quantitative estimate of drug-likeness (QED) is 0.0825. The standard InChI is InChI=1S/C47H80O18/c1-21(2)9-8-14-47(7,65-43-40(59)37(56)34(53)29(63-43)20-60-41-38(57)35(54)32(51)27(18-48)61-41)24-13-16-46(6)31(24)26(50)17-25-22-10-11-30(44(3,4)23(22)12-15-45(25,46)5)64-42-39(58)36(55)33(52)28(19-49)62-42/h9,22-43,48-59H,8,10-20H2,1-7H3/t22?,23?,24?,25?,26?,27-,28-,29-,30?,31?,32-,33-,34-,35+,36+,37+,38-,39-,40-,41-,42+,43+,45?,46?,47?/m1/s1. The Balaban J connectivity index is 1.09. The van der Waals surface area contributed by atoms with E-state index in [1.807, 2.05) is 20.8 Å². The molecule has 18 heteroatoms. The summed E-state index contributed by atoms with van der Waals surface area (Å²) in [6.07, 6.45) is -14.7. The van der Waals surface area contributed by atoms with Crippen LogP contribution in [-0.2, 0) is 28.4 Å². The number of allylic oxidation sites excluding steroid dienone is 2. The molecular formula is C47H80O18. The Labute approximate surface area is 382 Å². The molecule has 3 saturated heterocycles. The van der Waals surface area contributed by atoms with Gasteiger partial charge in [-0.3, -0.25) is 0 Å². The van der Waals surface area contributed by atoms with Crippen LogP contribution in [-0.4, -0.2) is 191 Å². The number of rotatable bonds is 13. The first-order valence-electron chi connectivity index (χ1n) is 24.0. The van der Waals surface area contributed by atoms with E-state index < -0.39 is 124 Å². The first-order valence-corrected chi connectivity index (χ1v) is 24.0. The highest BCUT2D eigenvalue weighted by molar-refractivity contribution is 5.18. The van der Waals surface area contributed by atoms with E-state index in [0.717, 1.165) is 37.7 Å². The molecule has 376 valence electrons. The van der Waals surface area contributed by atoms with Crippen molar-refractivity contribution in [3.8, 4) is 0 Å². The molecule has 3 aliphatic heterocycles. The topological polar surface area (TPSA) is 298 Å². The summed E-state index contributed by atoms with van der Waals surface area (Å²) in [6.45, 7) is 13.4. The largest absolute Gasteiger partial charge is 0.394 e. The fourth-order valence-electron chi connectivity index (χ4n) is 14.1. The van der Waals surface area contributed by atoms with Crippen LogP contribution >= 0.6 is 0 Å². The zero-order valence-corrected chi connectivity index (χ0v) is 39.1. The molecule has 0 radical (unpaired) electrons. The molecule has 10 unspecified atom stereocenters. The molecule has 0 aromatic heterocycles. The van der Waals surface area contributed by atoms with Crippen molar-refractivity contribution in [2.45, 2.75) is 216 Å². The predicted molar refractivity (Wildman–Crippen MR) is 229 cm³/mol. The van der Waals surface area contributed by atoms with Gasteiger partial charge in [0.15, 0.2) is 18.9 Å². The van der Waals surface area contributed by atoms with Crippen molar-refractivity contribution in [1.29, 1.82) is 0 Å². The Morgan fingerprint density at radius 3 is 1.77 bits per heavy atom. The Morgan fingerprint density at radius 2 is 1.17 bits per heavy atom. The van der Waals surface area contributed by atoms with Crippen LogP contribution in [0.2, 0.25) is 0 Å². The summed E-state index contributed by atoms with van der Waals surface area (Å²) >= 11 is 0. The molecule has 7 aliphatic rings. The summed E-state index contributed by atoms with van der Waals surface area (Å²) in [5.41, 5.74) is -0.750. The average molecular weight is 933 g/mol. The first-order chi connectivity index (χ1) is 30.4. The molecule has 0 amide bonds. The Bertz CT molecular complexity index is 1630. The van der Waals surface area contributed by atoms with Crippen molar-refractivity contribution < 1.29 is 89.7 Å². The number of aliphatic hydroxyl groups excluding tert-OH is 12. The number of ether oxygens (including phenoxy) is 6. The minimum atomic E-state index is -1.72. The van der Waals surface area contributed by atoms with Crippen LogP contribution in [0, 0.1) is 45.8 Å². The van der Waals surface area contributed by atoms with Crippen LogP contribution in [0.5, 0.6) is 0 Å². The summed E-state index contributed by atoms with van der Waals surface area (Å²) in [5, 5.41) is 128. The molecule has 0 spiro atoms. The summed E-state index contributed by atoms with van der Waals surface area (Å²) in [5.74, 6) is 0.275. The Kier molecular flexibility index (Phi) is 15.7. The molecule has 65 heavy (non-hydrogen) atoms. The molecule has 25 atom stereocenters. The zero-order chi connectivity index (χ0) is 47.7. The van der Waals surface area contributed by atoms with Crippen molar-refractivity contribution in [1.82, 2.24) is 0 Å². The highest BCUT2D eigenvalue weighted by atomic mass is 16.7. The smallest absolute Gasteiger partial charge is 0.187 e. The van der Waals surface area contributed by atoms with Crippen LogP contribution < -0.4 is 0 Å². The fraction of sp³-hybridized carbons (Fsp3) is 0.957. The predicted octanol–water partition coefficient (Wildman–Crippen LogP) is -0.417. The molecule has 18 nitrogen and oxygen atoms in total. The SMILES string of the molecule is CC(C)=CCCC(C)(O[C@@H]1O[C@H](CO[C@@H]2O[C@H](CO)[C@@H](O)[C@H](O)[C@H]2O)[C@@H](O)[C@H](O)[C@H]1O)C1CCC2(C)C1C(O)CC1C3CCC(O[C@@H]4O[C@H](CO)[C@@H](O)[C@H](O)[C@H]4O)C(C)(C)C3CCC12C. The molecule has 0 bridgehead atoms. The van der Waals surface area contributed by atoms with Crippen LogP contribution in [0.4, 0.5) is 0 Å². The van der Waals surface area contributed by atoms with Crippen molar-refractivity contribution in [2.75, 3.05) is 19.8 Å². The number of hydrogen-bond donors (Lipinski definition) is 12. The van der Waals surface area contributed by atoms with Gasteiger partial charge < -0.3 is 89.7 Å². The third kappa shape index (κ3) is 9.16. The minimum Gasteiger partial charge on any atom is -0.394 e. The van der Waals surface area contributed by atoms with Gasteiger partial charge in [0, 0.05) is 0 Å². The maximum atomic E-state index is 12.6. The van der Waals surface area contributed by atoms with Gasteiger partial charge >= 0.3 is 0 Å². The molecule has 4 saturated carbocycles. The molecule has 4 aliphatic carbocycles. The first kappa shape index (κ1) is 51.9. The van der Waals surface area contributed by atoms with Crippen LogP contribution in [0.25, 0.3) is 0 Å². The van der Waals surface area contributed by atoms with Gasteiger partial charge in [-0.05, 0) is 124 Å². The Morgan fingerprint density at radius 1 is 0.631 bits per heavy atom. The number of fused-ring (bicyclic) bond motifs is 5. The van der Waals surface area contributed by atoms with Gasteiger partial charge in [-0.2, -0.15) is 0 Å². The van der Waals surface area contributed by atoms with Crippen LogP contribution in [0.1, 0.15) is 106 Å². The van der Waals surface area contributed by atoms with Crippen molar-refractivity contribution in [3.05, 3.63) is 11.6 Å². The summed E-state index contributed by atoms with van der Waals surface area (Å²) < 4.78 is 36.5. The molecular weight excluding hydrogens is 852 g/mol. The molecule has 0 aromatic rings. The number of aliphatic hydroxyl groups is 12. The lowest BCUT2D eigenvalue weighted by Crippen LogP contribution is -2.65. The maximum absolute atomic E-state index is 12.6. The number of hydrogen-bond acceptors (Lipinski definition) is 18. The van der Waals surface area contributed by atoms with Gasteiger partial charge in [0.25, 0.3) is 0 Å². The monoisotopic (exact) mass is 933 g/mol. The molecule has 0 aromatic carbocycles. The summed E-state index contributed by atoms with van der Waals surface area (Å²) in [6, 6.07) is 0. The van der Waals surface area contributed by atoms with E-state index in [1.165, 1.54) is 0 Å². The fourth-order valence-corrected chi connectivity index (χ4v) is 14.1. The van der Waals surface area contributed by atoms with Crippen molar-refractivity contribution in [2.24, 2.45) is 45.8 Å². The van der Waals surface area contributed by atoms with Gasteiger partial charge in [-0.15, -0.1) is 0 Å². The van der Waals surface area contributed by atoms with E-state index in [-0.39, 0.29) is 51.9 Å². The molecule has 3 heterocycles. The van der Waals surface area contributed by atoms with Gasteiger partial charge in [-0.25, -0.2) is 0 Å². The van der Waals surface area contributed by atoms with Crippen LogP contribution in [0.3, 0.4) is 0 Å². The molecule has 7 fully saturated rings. The van der Waals surface area contributed by atoms with Gasteiger partial charge in [0.2, 0.25) is 0 Å². The average Bonchev–Trinajstić information content (AvgIpc) is 3.65. The van der Waals surface area contributed by atoms with Crippen LogP contribution in [0.15, 0.2) is 11.6 Å². The molecule has 12 N–H and O–H groups in total. The zero-order valence-electron chi connectivity index (χ0n) is 39.1. The second-order valence-electron chi connectivity index (χ2n) is 22.2. The van der Waals surface area contributed by atoms with Crippen molar-refractivity contribution in [3.63, 3.8) is 0 Å². The van der Waals surface area contributed by atoms with Gasteiger partial charge in [0.1, 0.15) is 73.2 Å². The highest BCUT2D eigenvalue weighted by Crippen LogP contribution is 2.73. The third-order valence-corrected chi connectivity index (χ3v) is 18.2. The minimum absolute atomic E-state index is 0.164. The van der Waals surface area contributed by atoms with Gasteiger partial charge in [0.05, 0.1) is 37.6 Å². The summed E-state index contributed by atoms with van der Waals surface area (Å²) in [4.78, 5) is 0. The lowest BCUT2D eigenvalue weighted by Gasteiger charge is -2.67. The highest BCUT2D eigenvalue weighted by Gasteiger charge is 2.69. The lowest BCUT2D eigenvalue weighted by molar-refractivity contribution is -0.349. The van der Waals surface area contributed by atoms with E-state index in [1.54, 1.807) is 0 Å². The lowest BCUT2D eigenvalue weighted by atomic mass is 9.39. The normalized spacial score (nSPS) is 51.9. The van der Waals surface area contributed by atoms with Crippen molar-refractivity contribution >= 4 is 0 Å². The summed E-state index contributed by atoms with van der Waals surface area (Å²) in [7, 11) is 0. The van der Waals surface area contributed by atoms with E-state index in [4.69, 9.17) is 28.4 Å². The second kappa shape index (κ2) is 19.7. The van der Waals surface area contributed by atoms with E-state index in [0.29, 0.717) is 25.7 Å². The third-order valence-electron chi connectivity index (χ3n) is 18.2. The maximum Gasteiger partial charge on any atom is 0.187 e. The van der Waals surface area contributed by atoms with E-state index in [2.05, 4.69) is 33.8 Å². The van der Waals surface area contributed by atoms with E-state index in [9.17, 15) is 61.3 Å².